The van der Waals surface area contributed by atoms with E-state index in [0.29, 0.717) is 0 Å². The molecule has 0 unspecified atom stereocenters. The molecule has 0 N–H and O–H groups in total. The minimum atomic E-state index is 0. The summed E-state index contributed by atoms with van der Waals surface area (Å²) in [6, 6.07) is 0. The van der Waals surface area contributed by atoms with Crippen molar-refractivity contribution in [3.63, 3.8) is 0 Å². The summed E-state index contributed by atoms with van der Waals surface area (Å²) in [7, 11) is 0. The van der Waals surface area contributed by atoms with Crippen LogP contribution in [0.4, 0.5) is 0 Å². The molecule has 0 aliphatic carbocycles. The van der Waals surface area contributed by atoms with Gasteiger partial charge < -0.3 is 7.43 Å². The van der Waals surface area contributed by atoms with Crippen LogP contribution in [0.25, 0.3) is 0 Å². The summed E-state index contributed by atoms with van der Waals surface area (Å²) in [4.78, 5) is 0. The molecule has 0 radical (unpaired) electrons. The summed E-state index contributed by atoms with van der Waals surface area (Å²) < 4.78 is 0. The Hall–Kier alpha value is 2.31. The SMILES string of the molecule is Br.Br.Br.[CH3-].[Hf]. The number of hydrogen-bond acceptors (Lipinski definition) is 0. The van der Waals surface area contributed by atoms with E-state index >= 15 is 0 Å². The van der Waals surface area contributed by atoms with Crippen LogP contribution in [0.5, 0.6) is 0 Å². The molecule has 0 amide bonds. The average molecular weight is 436 g/mol. The van der Waals surface area contributed by atoms with Crippen LogP contribution >= 0.6 is 50.9 Å². The Morgan fingerprint density at radius 3 is 0.600 bits per heavy atom. The van der Waals surface area contributed by atoms with E-state index in [1.165, 1.54) is 0 Å². The zero-order valence-corrected chi connectivity index (χ0v) is 11.5. The number of hydrogen-bond donors (Lipinski definition) is 0. The topological polar surface area (TPSA) is 0 Å². The molecule has 0 aromatic heterocycles. The standard InChI is InChI=1S/CH3.3BrH.Hf/h1H3;3*1H;/q-1;;;;. The van der Waals surface area contributed by atoms with Gasteiger partial charge in [-0.25, -0.2) is 0 Å². The smallest absolute Gasteiger partial charge is 0 e. The van der Waals surface area contributed by atoms with Crippen molar-refractivity contribution in [3.8, 4) is 0 Å². The predicted octanol–water partition coefficient (Wildman–Crippen LogP) is 2.18. The van der Waals surface area contributed by atoms with Crippen molar-refractivity contribution in [1.29, 1.82) is 0 Å². The molecule has 0 atom stereocenters. The van der Waals surface area contributed by atoms with E-state index in [4.69, 9.17) is 0 Å². The van der Waals surface area contributed by atoms with Gasteiger partial charge in [0.15, 0.2) is 0 Å². The molecular weight excluding hydrogens is 430 g/mol. The van der Waals surface area contributed by atoms with Gasteiger partial charge in [0.05, 0.1) is 0 Å². The van der Waals surface area contributed by atoms with Crippen molar-refractivity contribution >= 4 is 50.9 Å². The van der Waals surface area contributed by atoms with Crippen LogP contribution in [0.1, 0.15) is 0 Å². The van der Waals surface area contributed by atoms with E-state index in [2.05, 4.69) is 0 Å². The van der Waals surface area contributed by atoms with Gasteiger partial charge in [0, 0.05) is 25.8 Å². The second-order valence-electron chi connectivity index (χ2n) is 0. The second-order valence-corrected chi connectivity index (χ2v) is 0. The molecule has 0 saturated carbocycles. The summed E-state index contributed by atoms with van der Waals surface area (Å²) >= 11 is 0. The third kappa shape index (κ3) is 22.0. The summed E-state index contributed by atoms with van der Waals surface area (Å²) in [6.45, 7) is 0. The van der Waals surface area contributed by atoms with Crippen molar-refractivity contribution in [2.45, 2.75) is 0 Å². The van der Waals surface area contributed by atoms with Crippen LogP contribution in [0.15, 0.2) is 0 Å². The Morgan fingerprint density at radius 2 is 0.600 bits per heavy atom. The van der Waals surface area contributed by atoms with Crippen LogP contribution < -0.4 is 0 Å². The van der Waals surface area contributed by atoms with E-state index in [1.54, 1.807) is 0 Å². The largest absolute Gasteiger partial charge is 0.358 e. The van der Waals surface area contributed by atoms with Crippen LogP contribution in [0.3, 0.4) is 0 Å². The second kappa shape index (κ2) is 33.3. The van der Waals surface area contributed by atoms with Gasteiger partial charge in [0.1, 0.15) is 0 Å². The quantitative estimate of drug-likeness (QED) is 0.404. The Morgan fingerprint density at radius 1 is 0.600 bits per heavy atom. The Balaban J connectivity index is 0. The van der Waals surface area contributed by atoms with E-state index in [0.717, 1.165) is 0 Å². The van der Waals surface area contributed by atoms with Gasteiger partial charge in [-0.15, -0.1) is 50.9 Å². The summed E-state index contributed by atoms with van der Waals surface area (Å²) in [5, 5.41) is 0. The first kappa shape index (κ1) is 54.5. The van der Waals surface area contributed by atoms with Crippen molar-refractivity contribution < 1.29 is 25.8 Å². The fourth-order valence-corrected chi connectivity index (χ4v) is 0. The maximum atomic E-state index is 0. The van der Waals surface area contributed by atoms with Crippen molar-refractivity contribution in [2.75, 3.05) is 0 Å². The first-order valence-corrected chi connectivity index (χ1v) is 0. The molecule has 0 aliphatic heterocycles. The van der Waals surface area contributed by atoms with Gasteiger partial charge in [-0.05, 0) is 0 Å². The molecule has 0 nitrogen and oxygen atoms in total. The Labute approximate surface area is 83.2 Å². The van der Waals surface area contributed by atoms with Gasteiger partial charge >= 0.3 is 0 Å². The third-order valence-corrected chi connectivity index (χ3v) is 0. The average Bonchev–Trinajstić information content (AvgIpc) is 0. The number of halogens is 3. The maximum absolute atomic E-state index is 0. The molecule has 36 valence electrons. The van der Waals surface area contributed by atoms with E-state index in [1.807, 2.05) is 0 Å². The Kier molecular flexibility index (Phi) is 364. The molecule has 0 heterocycles. The summed E-state index contributed by atoms with van der Waals surface area (Å²) in [6.07, 6.45) is 0. The monoisotopic (exact) mass is 435 g/mol. The summed E-state index contributed by atoms with van der Waals surface area (Å²) in [5.41, 5.74) is 0. The van der Waals surface area contributed by atoms with Crippen LogP contribution in [-0.4, -0.2) is 0 Å². The zero-order valence-electron chi connectivity index (χ0n) is 2.72. The fourth-order valence-electron chi connectivity index (χ4n) is 0. The maximum Gasteiger partial charge on any atom is 0 e. The van der Waals surface area contributed by atoms with Gasteiger partial charge in [0.25, 0.3) is 0 Å². The molecule has 0 aromatic carbocycles. The van der Waals surface area contributed by atoms with Gasteiger partial charge in [-0.1, -0.05) is 0 Å². The zero-order chi connectivity index (χ0) is 0. The molecule has 0 aliphatic rings. The molecule has 0 aromatic rings. The summed E-state index contributed by atoms with van der Waals surface area (Å²) in [5.74, 6) is 0. The van der Waals surface area contributed by atoms with E-state index in [9.17, 15) is 0 Å². The van der Waals surface area contributed by atoms with Gasteiger partial charge in [0.2, 0.25) is 0 Å². The minimum Gasteiger partial charge on any atom is -0.358 e. The van der Waals surface area contributed by atoms with Crippen molar-refractivity contribution in [3.05, 3.63) is 7.43 Å². The first-order valence-electron chi connectivity index (χ1n) is 0. The molecule has 0 bridgehead atoms. The van der Waals surface area contributed by atoms with Crippen molar-refractivity contribution in [1.82, 2.24) is 0 Å². The Bertz CT molecular complexity index is 6.85. The predicted molar refractivity (Wildman–Crippen MR) is 37.4 cm³/mol. The molecule has 0 rings (SSSR count). The molecule has 0 fully saturated rings. The van der Waals surface area contributed by atoms with E-state index < -0.39 is 0 Å². The van der Waals surface area contributed by atoms with Crippen molar-refractivity contribution in [2.24, 2.45) is 0 Å². The third-order valence-electron chi connectivity index (χ3n) is 0. The normalized spacial score (nSPS) is 0. The van der Waals surface area contributed by atoms with Crippen LogP contribution in [0.2, 0.25) is 0 Å². The molecule has 5 heavy (non-hydrogen) atoms. The van der Waals surface area contributed by atoms with Crippen LogP contribution in [-0.2, 0) is 25.8 Å². The van der Waals surface area contributed by atoms with Crippen LogP contribution in [0, 0.1) is 7.43 Å². The molecule has 0 saturated heterocycles. The van der Waals surface area contributed by atoms with Gasteiger partial charge in [-0.2, -0.15) is 0 Å². The minimum absolute atomic E-state index is 0. The fraction of sp³-hybridized carbons (Fsp3) is 0. The number of rotatable bonds is 0. The molecule has 4 heteroatoms. The molecular formula is CH6Br3Hf-. The first-order chi connectivity index (χ1) is 0. The van der Waals surface area contributed by atoms with E-state index in [-0.39, 0.29) is 84.2 Å². The van der Waals surface area contributed by atoms with Gasteiger partial charge in [-0.3, -0.25) is 0 Å². The molecule has 0 spiro atoms.